The van der Waals surface area contributed by atoms with Crippen LogP contribution >= 0.6 is 0 Å². The quantitative estimate of drug-likeness (QED) is 0.711. The van der Waals surface area contributed by atoms with E-state index in [2.05, 4.69) is 0 Å². The number of anilines is 1. The van der Waals surface area contributed by atoms with Crippen molar-refractivity contribution in [3.63, 3.8) is 0 Å². The molecule has 0 aromatic heterocycles. The predicted molar refractivity (Wildman–Crippen MR) is 102 cm³/mol. The first-order valence-corrected chi connectivity index (χ1v) is 9.05. The second-order valence-corrected chi connectivity index (χ2v) is 6.42. The molecular formula is C21H21NO7. The number of esters is 1. The van der Waals surface area contributed by atoms with Gasteiger partial charge in [-0.05, 0) is 17.7 Å². The third-order valence-corrected chi connectivity index (χ3v) is 4.31. The lowest BCUT2D eigenvalue weighted by Crippen LogP contribution is -2.55. The minimum absolute atomic E-state index is 0.108. The summed E-state index contributed by atoms with van der Waals surface area (Å²) in [7, 11) is 0. The number of nitrogens with zero attached hydrogens (tertiary/aromatic N) is 1. The molecule has 8 nitrogen and oxygen atoms in total. The number of ether oxygens (including phenoxy) is 3. The molecule has 1 unspecified atom stereocenters. The Labute approximate surface area is 167 Å². The average Bonchev–Trinajstić information content (AvgIpc) is 2.71. The summed E-state index contributed by atoms with van der Waals surface area (Å²) >= 11 is 0. The number of hydrogen-bond acceptors (Lipinski definition) is 6. The summed E-state index contributed by atoms with van der Waals surface area (Å²) in [4.78, 5) is 36.9. The number of carboxylic acids is 1. The Hall–Kier alpha value is -3.39. The third-order valence-electron chi connectivity index (χ3n) is 4.31. The van der Waals surface area contributed by atoms with Gasteiger partial charge in [0.2, 0.25) is 6.10 Å². The first-order chi connectivity index (χ1) is 14.0. The van der Waals surface area contributed by atoms with Crippen LogP contribution in [0.5, 0.6) is 5.75 Å². The van der Waals surface area contributed by atoms with E-state index in [1.807, 2.05) is 30.3 Å². The number of carbonyl (C=O) groups is 3. The highest BCUT2D eigenvalue weighted by molar-refractivity contribution is 6.00. The van der Waals surface area contributed by atoms with Crippen LogP contribution in [0, 0.1) is 0 Å². The molecule has 152 valence electrons. The Balaban J connectivity index is 1.74. The van der Waals surface area contributed by atoms with Gasteiger partial charge in [-0.2, -0.15) is 0 Å². The smallest absolute Gasteiger partial charge is 0.348 e. The molecule has 1 heterocycles. The molecule has 29 heavy (non-hydrogen) atoms. The highest BCUT2D eigenvalue weighted by Crippen LogP contribution is 2.26. The van der Waals surface area contributed by atoms with Crippen molar-refractivity contribution in [3.05, 3.63) is 60.2 Å². The van der Waals surface area contributed by atoms with Gasteiger partial charge in [0.05, 0.1) is 6.61 Å². The van der Waals surface area contributed by atoms with Gasteiger partial charge >= 0.3 is 11.9 Å². The Kier molecular flexibility index (Phi) is 6.46. The summed E-state index contributed by atoms with van der Waals surface area (Å²) in [6.45, 7) is 1.80. The molecule has 2 atom stereocenters. The fourth-order valence-corrected chi connectivity index (χ4v) is 2.98. The van der Waals surface area contributed by atoms with Gasteiger partial charge in [0.15, 0.2) is 6.10 Å². The summed E-state index contributed by atoms with van der Waals surface area (Å²) in [5, 5.41) is 9.32. The summed E-state index contributed by atoms with van der Waals surface area (Å²) in [5.41, 5.74) is 1.55. The van der Waals surface area contributed by atoms with Crippen molar-refractivity contribution < 1.29 is 33.7 Å². The number of hydrogen-bond donors (Lipinski definition) is 1. The molecule has 1 N–H and O–H groups in total. The standard InChI is InChI=1S/C21H21NO7/c1-14(23)29-19(21(25)26)18-20(24)22(10-11-27-18)16-8-5-9-17(12-16)28-13-15-6-3-2-4-7-15/h2-9,12,18-19H,10-11,13H2,1H3,(H,25,26)/t18?,19-/m1/s1. The molecule has 1 fully saturated rings. The molecular weight excluding hydrogens is 378 g/mol. The first kappa shape index (κ1) is 20.3. The van der Waals surface area contributed by atoms with E-state index in [0.717, 1.165) is 12.5 Å². The lowest BCUT2D eigenvalue weighted by molar-refractivity contribution is -0.177. The summed E-state index contributed by atoms with van der Waals surface area (Å²) in [6, 6.07) is 16.6. The predicted octanol–water partition coefficient (Wildman–Crippen LogP) is 2.01. The number of aliphatic carboxylic acids is 1. The third kappa shape index (κ3) is 5.11. The number of rotatable bonds is 7. The molecule has 1 aliphatic rings. The maximum atomic E-state index is 12.8. The lowest BCUT2D eigenvalue weighted by atomic mass is 10.1. The lowest BCUT2D eigenvalue weighted by Gasteiger charge is -2.34. The second kappa shape index (κ2) is 9.20. The molecule has 8 heteroatoms. The zero-order valence-electron chi connectivity index (χ0n) is 15.8. The molecule has 0 bridgehead atoms. The van der Waals surface area contributed by atoms with Crippen molar-refractivity contribution in [3.8, 4) is 5.75 Å². The zero-order valence-corrected chi connectivity index (χ0v) is 15.8. The van der Waals surface area contributed by atoms with Crippen molar-refractivity contribution in [1.82, 2.24) is 0 Å². The van der Waals surface area contributed by atoms with Crippen LogP contribution in [0.15, 0.2) is 54.6 Å². The molecule has 3 rings (SSSR count). The number of carboxylic acid groups (broad SMARTS) is 1. The van der Waals surface area contributed by atoms with E-state index >= 15 is 0 Å². The van der Waals surface area contributed by atoms with Gasteiger partial charge in [-0.3, -0.25) is 9.59 Å². The highest BCUT2D eigenvalue weighted by Gasteiger charge is 2.42. The van der Waals surface area contributed by atoms with Crippen LogP contribution < -0.4 is 9.64 Å². The van der Waals surface area contributed by atoms with Gasteiger partial charge in [0.1, 0.15) is 12.4 Å². The highest BCUT2D eigenvalue weighted by atomic mass is 16.6. The molecule has 0 radical (unpaired) electrons. The van der Waals surface area contributed by atoms with Crippen LogP contribution in [-0.4, -0.2) is 48.3 Å². The monoisotopic (exact) mass is 399 g/mol. The SMILES string of the molecule is CC(=O)O[C@@H](C(=O)O)C1OCCN(c2cccc(OCc3ccccc3)c2)C1=O. The maximum absolute atomic E-state index is 12.8. The normalized spacial score (nSPS) is 17.5. The fraction of sp³-hybridized carbons (Fsp3) is 0.286. The van der Waals surface area contributed by atoms with Crippen LogP contribution in [0.25, 0.3) is 0 Å². The number of benzene rings is 2. The number of amides is 1. The molecule has 2 aromatic carbocycles. The van der Waals surface area contributed by atoms with Crippen LogP contribution in [0.3, 0.4) is 0 Å². The number of morpholine rings is 1. The molecule has 1 saturated heterocycles. The molecule has 0 saturated carbocycles. The van der Waals surface area contributed by atoms with Gasteiger partial charge in [-0.15, -0.1) is 0 Å². The summed E-state index contributed by atoms with van der Waals surface area (Å²) < 4.78 is 15.9. The van der Waals surface area contributed by atoms with Crippen molar-refractivity contribution in [1.29, 1.82) is 0 Å². The Morgan fingerprint density at radius 1 is 1.21 bits per heavy atom. The van der Waals surface area contributed by atoms with E-state index in [1.165, 1.54) is 4.90 Å². The van der Waals surface area contributed by atoms with Gasteiger partial charge in [0.25, 0.3) is 5.91 Å². The van der Waals surface area contributed by atoms with Gasteiger partial charge in [-0.1, -0.05) is 36.4 Å². The van der Waals surface area contributed by atoms with E-state index in [-0.39, 0.29) is 13.2 Å². The van der Waals surface area contributed by atoms with Crippen molar-refractivity contribution in [2.24, 2.45) is 0 Å². The van der Waals surface area contributed by atoms with Crippen LogP contribution in [0.1, 0.15) is 12.5 Å². The van der Waals surface area contributed by atoms with E-state index in [1.54, 1.807) is 24.3 Å². The van der Waals surface area contributed by atoms with E-state index in [4.69, 9.17) is 14.2 Å². The van der Waals surface area contributed by atoms with Crippen LogP contribution in [-0.2, 0) is 30.5 Å². The Morgan fingerprint density at radius 3 is 2.66 bits per heavy atom. The zero-order chi connectivity index (χ0) is 20.8. The molecule has 0 aliphatic carbocycles. The van der Waals surface area contributed by atoms with E-state index in [9.17, 15) is 19.5 Å². The topological polar surface area (TPSA) is 102 Å². The molecule has 1 aliphatic heterocycles. The minimum Gasteiger partial charge on any atom is -0.489 e. The van der Waals surface area contributed by atoms with Gasteiger partial charge in [-0.25, -0.2) is 4.79 Å². The van der Waals surface area contributed by atoms with E-state index < -0.39 is 30.1 Å². The fourth-order valence-electron chi connectivity index (χ4n) is 2.98. The molecule has 1 amide bonds. The second-order valence-electron chi connectivity index (χ2n) is 6.42. The van der Waals surface area contributed by atoms with Gasteiger partial charge < -0.3 is 24.2 Å². The molecule has 0 spiro atoms. The van der Waals surface area contributed by atoms with Gasteiger partial charge in [0, 0.05) is 25.2 Å². The Bertz CT molecular complexity index is 884. The average molecular weight is 399 g/mol. The van der Waals surface area contributed by atoms with Crippen LogP contribution in [0.4, 0.5) is 5.69 Å². The Morgan fingerprint density at radius 2 is 1.97 bits per heavy atom. The summed E-state index contributed by atoms with van der Waals surface area (Å²) in [6.07, 6.45) is -3.13. The summed E-state index contributed by atoms with van der Waals surface area (Å²) in [5.74, 6) is -2.27. The largest absolute Gasteiger partial charge is 0.489 e. The van der Waals surface area contributed by atoms with Crippen molar-refractivity contribution >= 4 is 23.5 Å². The minimum atomic E-state index is -1.71. The van der Waals surface area contributed by atoms with Crippen LogP contribution in [0.2, 0.25) is 0 Å². The van der Waals surface area contributed by atoms with Crippen molar-refractivity contribution in [2.75, 3.05) is 18.1 Å². The van der Waals surface area contributed by atoms with Crippen molar-refractivity contribution in [2.45, 2.75) is 25.7 Å². The molecule has 2 aromatic rings. The number of carbonyl (C=O) groups excluding carboxylic acids is 2. The first-order valence-electron chi connectivity index (χ1n) is 9.05. The maximum Gasteiger partial charge on any atom is 0.348 e. The van der Waals surface area contributed by atoms with E-state index in [0.29, 0.717) is 18.0 Å².